The predicted molar refractivity (Wildman–Crippen MR) is 101 cm³/mol. The molecule has 0 aliphatic heterocycles. The zero-order valence-electron chi connectivity index (χ0n) is 14.0. The number of nitrogens with one attached hydrogen (secondary N) is 1. The van der Waals surface area contributed by atoms with Crippen molar-refractivity contribution in [2.75, 3.05) is 13.6 Å². The third-order valence-electron chi connectivity index (χ3n) is 3.75. The highest BCUT2D eigenvalue weighted by Crippen LogP contribution is 2.14. The molecular formula is C17H17BrN4O3S. The van der Waals surface area contributed by atoms with Crippen molar-refractivity contribution in [3.05, 3.63) is 65.0 Å². The number of carbonyl (C=O) groups is 1. The van der Waals surface area contributed by atoms with Crippen molar-refractivity contribution in [1.29, 1.82) is 0 Å². The Balaban J connectivity index is 1.61. The fourth-order valence-electron chi connectivity index (χ4n) is 2.41. The van der Waals surface area contributed by atoms with E-state index in [1.165, 1.54) is 19.2 Å². The summed E-state index contributed by atoms with van der Waals surface area (Å²) in [6, 6.07) is 11.8. The van der Waals surface area contributed by atoms with Crippen molar-refractivity contribution in [2.24, 2.45) is 0 Å². The largest absolute Gasteiger partial charge is 0.349 e. The van der Waals surface area contributed by atoms with E-state index >= 15 is 0 Å². The molecule has 0 aliphatic carbocycles. The molecule has 2 heterocycles. The van der Waals surface area contributed by atoms with E-state index in [0.717, 1.165) is 14.4 Å². The van der Waals surface area contributed by atoms with E-state index in [1.54, 1.807) is 18.2 Å². The molecular weight excluding hydrogens is 420 g/mol. The lowest BCUT2D eigenvalue weighted by molar-refractivity contribution is -0.121. The highest BCUT2D eigenvalue weighted by molar-refractivity contribution is 9.10. The fourth-order valence-corrected chi connectivity index (χ4v) is 3.91. The summed E-state index contributed by atoms with van der Waals surface area (Å²) in [5, 5.41) is 2.70. The highest BCUT2D eigenvalue weighted by atomic mass is 79.9. The smallest absolute Gasteiger partial charge is 0.243 e. The first-order valence-electron chi connectivity index (χ1n) is 7.77. The molecule has 0 unspecified atom stereocenters. The number of benzene rings is 1. The van der Waals surface area contributed by atoms with E-state index in [4.69, 9.17) is 0 Å². The van der Waals surface area contributed by atoms with Gasteiger partial charge in [0.25, 0.3) is 0 Å². The van der Waals surface area contributed by atoms with Gasteiger partial charge in [-0.2, -0.15) is 4.31 Å². The van der Waals surface area contributed by atoms with Crippen LogP contribution in [0.3, 0.4) is 0 Å². The Morgan fingerprint density at radius 1 is 1.19 bits per heavy atom. The number of amides is 1. The molecule has 0 atom stereocenters. The maximum Gasteiger partial charge on any atom is 0.243 e. The van der Waals surface area contributed by atoms with Gasteiger partial charge in [0.1, 0.15) is 5.65 Å². The second-order valence-electron chi connectivity index (χ2n) is 5.70. The molecule has 0 bridgehead atoms. The van der Waals surface area contributed by atoms with Crippen LogP contribution in [0, 0.1) is 0 Å². The van der Waals surface area contributed by atoms with Gasteiger partial charge in [-0.3, -0.25) is 4.79 Å². The molecule has 0 saturated heterocycles. The van der Waals surface area contributed by atoms with Gasteiger partial charge in [0.05, 0.1) is 23.7 Å². The Morgan fingerprint density at radius 3 is 2.65 bits per heavy atom. The molecule has 1 aromatic carbocycles. The van der Waals surface area contributed by atoms with Crippen LogP contribution in [0.5, 0.6) is 0 Å². The lowest BCUT2D eigenvalue weighted by atomic mass is 10.4. The molecule has 0 spiro atoms. The van der Waals surface area contributed by atoms with Crippen molar-refractivity contribution in [3.8, 4) is 0 Å². The van der Waals surface area contributed by atoms with Crippen LogP contribution in [0.25, 0.3) is 5.65 Å². The normalized spacial score (nSPS) is 11.8. The van der Waals surface area contributed by atoms with Gasteiger partial charge in [-0.1, -0.05) is 18.2 Å². The number of likely N-dealkylation sites (N-methyl/N-ethyl adjacent to an activating group) is 1. The zero-order valence-corrected chi connectivity index (χ0v) is 16.4. The molecule has 7 nitrogen and oxygen atoms in total. The van der Waals surface area contributed by atoms with Crippen LogP contribution in [0.2, 0.25) is 0 Å². The third-order valence-corrected chi connectivity index (χ3v) is 6.04. The first kappa shape index (κ1) is 18.6. The van der Waals surface area contributed by atoms with E-state index < -0.39 is 15.9 Å². The topological polar surface area (TPSA) is 83.8 Å². The van der Waals surface area contributed by atoms with Crippen LogP contribution in [-0.4, -0.2) is 41.6 Å². The van der Waals surface area contributed by atoms with Gasteiger partial charge >= 0.3 is 0 Å². The number of hydrogen-bond acceptors (Lipinski definition) is 4. The van der Waals surface area contributed by atoms with Crippen molar-refractivity contribution in [1.82, 2.24) is 19.0 Å². The third kappa shape index (κ3) is 4.12. The van der Waals surface area contributed by atoms with Crippen LogP contribution in [-0.2, 0) is 21.4 Å². The van der Waals surface area contributed by atoms with E-state index in [2.05, 4.69) is 26.2 Å². The van der Waals surface area contributed by atoms with Crippen LogP contribution < -0.4 is 5.32 Å². The highest BCUT2D eigenvalue weighted by Gasteiger charge is 2.22. The Kier molecular flexibility index (Phi) is 5.40. The Morgan fingerprint density at radius 2 is 1.92 bits per heavy atom. The number of halogens is 1. The lowest BCUT2D eigenvalue weighted by Gasteiger charge is -2.16. The molecule has 1 N–H and O–H groups in total. The average Bonchev–Trinajstić information content (AvgIpc) is 3.02. The Hall–Kier alpha value is -2.23. The van der Waals surface area contributed by atoms with E-state index in [1.807, 2.05) is 28.9 Å². The van der Waals surface area contributed by atoms with E-state index in [-0.39, 0.29) is 18.0 Å². The van der Waals surface area contributed by atoms with Gasteiger partial charge in [0.2, 0.25) is 15.9 Å². The molecule has 1 amide bonds. The summed E-state index contributed by atoms with van der Waals surface area (Å²) in [4.78, 5) is 16.7. The summed E-state index contributed by atoms with van der Waals surface area (Å²) in [6.45, 7) is -0.0481. The molecule has 0 fully saturated rings. The minimum absolute atomic E-state index is 0.154. The summed E-state index contributed by atoms with van der Waals surface area (Å²) >= 11 is 3.39. The molecule has 0 radical (unpaired) electrons. The number of hydrogen-bond donors (Lipinski definition) is 1. The molecule has 3 rings (SSSR count). The van der Waals surface area contributed by atoms with Gasteiger partial charge in [0.15, 0.2) is 0 Å². The van der Waals surface area contributed by atoms with Crippen molar-refractivity contribution in [2.45, 2.75) is 11.4 Å². The molecule has 9 heteroatoms. The van der Waals surface area contributed by atoms with E-state index in [0.29, 0.717) is 5.69 Å². The maximum atomic E-state index is 12.4. The Bertz CT molecular complexity index is 1030. The minimum Gasteiger partial charge on any atom is -0.349 e. The Labute approximate surface area is 159 Å². The average molecular weight is 437 g/mol. The number of rotatable bonds is 6. The first-order valence-corrected chi connectivity index (χ1v) is 10.0. The van der Waals surface area contributed by atoms with Crippen LogP contribution in [0.4, 0.5) is 0 Å². The van der Waals surface area contributed by atoms with E-state index in [9.17, 15) is 13.2 Å². The first-order chi connectivity index (χ1) is 12.4. The second-order valence-corrected chi connectivity index (χ2v) is 8.66. The standard InChI is InChI=1S/C17H17BrN4O3S/c1-21(26(24,25)15-5-3-2-4-6-15)12-17(23)19-9-14-11-22-10-13(18)7-8-16(22)20-14/h2-8,10-11H,9,12H2,1H3,(H,19,23). The summed E-state index contributed by atoms with van der Waals surface area (Å²) in [7, 11) is -2.32. The summed E-state index contributed by atoms with van der Waals surface area (Å²) < 4.78 is 28.6. The summed E-state index contributed by atoms with van der Waals surface area (Å²) in [5.41, 5.74) is 1.45. The monoisotopic (exact) mass is 436 g/mol. The number of pyridine rings is 1. The van der Waals surface area contributed by atoms with Crippen molar-refractivity contribution < 1.29 is 13.2 Å². The molecule has 2 aromatic heterocycles. The SMILES string of the molecule is CN(CC(=O)NCc1cn2cc(Br)ccc2n1)S(=O)(=O)c1ccccc1. The quantitative estimate of drug-likeness (QED) is 0.640. The van der Waals surface area contributed by atoms with Crippen LogP contribution in [0.1, 0.15) is 5.69 Å². The van der Waals surface area contributed by atoms with Crippen LogP contribution >= 0.6 is 15.9 Å². The zero-order chi connectivity index (χ0) is 18.7. The summed E-state index contributed by atoms with van der Waals surface area (Å²) in [5.74, 6) is -0.398. The van der Waals surface area contributed by atoms with Crippen molar-refractivity contribution in [3.63, 3.8) is 0 Å². The summed E-state index contributed by atoms with van der Waals surface area (Å²) in [6.07, 6.45) is 3.68. The van der Waals surface area contributed by atoms with Gasteiger partial charge in [-0.15, -0.1) is 0 Å². The predicted octanol–water partition coefficient (Wildman–Crippen LogP) is 2.03. The molecule has 3 aromatic rings. The lowest BCUT2D eigenvalue weighted by Crippen LogP contribution is -2.38. The number of nitrogens with zero attached hydrogens (tertiary/aromatic N) is 3. The van der Waals surface area contributed by atoms with Crippen molar-refractivity contribution >= 4 is 37.5 Å². The number of sulfonamides is 1. The van der Waals surface area contributed by atoms with Crippen LogP contribution in [0.15, 0.2) is 64.2 Å². The second kappa shape index (κ2) is 7.56. The number of imidazole rings is 1. The van der Waals surface area contributed by atoms with Gasteiger partial charge in [-0.25, -0.2) is 13.4 Å². The number of aromatic nitrogens is 2. The number of carbonyl (C=O) groups excluding carboxylic acids is 1. The fraction of sp³-hybridized carbons (Fsp3) is 0.176. The maximum absolute atomic E-state index is 12.4. The number of fused-ring (bicyclic) bond motifs is 1. The minimum atomic E-state index is -3.69. The van der Waals surface area contributed by atoms with Gasteiger partial charge in [0, 0.05) is 23.9 Å². The molecule has 0 saturated carbocycles. The molecule has 136 valence electrons. The van der Waals surface area contributed by atoms with Gasteiger partial charge in [-0.05, 0) is 40.2 Å². The molecule has 26 heavy (non-hydrogen) atoms. The molecule has 0 aliphatic rings. The van der Waals surface area contributed by atoms with Gasteiger partial charge < -0.3 is 9.72 Å².